The van der Waals surface area contributed by atoms with Crippen molar-refractivity contribution < 1.29 is 14.3 Å². The van der Waals surface area contributed by atoms with E-state index in [0.29, 0.717) is 23.1 Å². The van der Waals surface area contributed by atoms with Gasteiger partial charge in [-0.3, -0.25) is 4.79 Å². The summed E-state index contributed by atoms with van der Waals surface area (Å²) in [4.78, 5) is 26.9. The maximum atomic E-state index is 12.9. The van der Waals surface area contributed by atoms with E-state index in [1.54, 1.807) is 6.92 Å². The number of esters is 1. The van der Waals surface area contributed by atoms with E-state index >= 15 is 0 Å². The Labute approximate surface area is 199 Å². The molecule has 6 nitrogen and oxygen atoms in total. The molecule has 2 heterocycles. The van der Waals surface area contributed by atoms with Gasteiger partial charge in [-0.1, -0.05) is 53.4 Å². The van der Waals surface area contributed by atoms with E-state index in [9.17, 15) is 9.59 Å². The molecule has 0 aliphatic heterocycles. The Bertz CT molecular complexity index is 1110. The van der Waals surface area contributed by atoms with E-state index in [4.69, 9.17) is 4.74 Å². The Morgan fingerprint density at radius 2 is 2.03 bits per heavy atom. The zero-order valence-corrected chi connectivity index (χ0v) is 20.7. The van der Waals surface area contributed by atoms with E-state index in [2.05, 4.69) is 39.8 Å². The first-order valence-electron chi connectivity index (χ1n) is 10.6. The number of nitrogens with zero attached hydrogens (tertiary/aromatic N) is 2. The maximum absolute atomic E-state index is 12.9. The number of fused-ring (bicyclic) bond motifs is 1. The van der Waals surface area contributed by atoms with E-state index in [0.717, 1.165) is 39.1 Å². The van der Waals surface area contributed by atoms with Gasteiger partial charge in [0.15, 0.2) is 4.34 Å². The number of thiophene rings is 1. The Morgan fingerprint density at radius 3 is 2.72 bits per heavy atom. The maximum Gasteiger partial charge on any atom is 0.341 e. The molecule has 1 N–H and O–H groups in total. The molecular formula is C23H25N3O3S3. The van der Waals surface area contributed by atoms with Crippen molar-refractivity contribution in [1.29, 1.82) is 0 Å². The lowest BCUT2D eigenvalue weighted by molar-refractivity contribution is -0.115. The van der Waals surface area contributed by atoms with Gasteiger partial charge >= 0.3 is 5.97 Å². The predicted octanol–water partition coefficient (Wildman–Crippen LogP) is 5.48. The predicted molar refractivity (Wildman–Crippen MR) is 130 cm³/mol. The number of hydrogen-bond donors (Lipinski definition) is 1. The molecule has 168 valence electrons. The number of thioether (sulfide) groups is 1. The molecule has 0 saturated heterocycles. The van der Waals surface area contributed by atoms with Gasteiger partial charge in [0.2, 0.25) is 5.91 Å². The molecule has 0 fully saturated rings. The zero-order valence-electron chi connectivity index (χ0n) is 18.2. The van der Waals surface area contributed by atoms with Crippen molar-refractivity contribution in [3.63, 3.8) is 0 Å². The first kappa shape index (κ1) is 22.9. The minimum Gasteiger partial charge on any atom is -0.462 e. The molecule has 1 aliphatic carbocycles. The summed E-state index contributed by atoms with van der Waals surface area (Å²) in [5, 5.41) is 12.2. The first-order valence-corrected chi connectivity index (χ1v) is 13.1. The second kappa shape index (κ2) is 10.1. The van der Waals surface area contributed by atoms with Crippen LogP contribution in [0.1, 0.15) is 57.6 Å². The minimum absolute atomic E-state index is 0.161. The van der Waals surface area contributed by atoms with Crippen LogP contribution in [0, 0.1) is 6.92 Å². The quantitative estimate of drug-likeness (QED) is 0.351. The fraction of sp³-hybridized carbons (Fsp3) is 0.391. The lowest BCUT2D eigenvalue weighted by Crippen LogP contribution is -2.23. The van der Waals surface area contributed by atoms with E-state index in [1.165, 1.54) is 40.0 Å². The van der Waals surface area contributed by atoms with Gasteiger partial charge in [-0.2, -0.15) is 0 Å². The van der Waals surface area contributed by atoms with Crippen molar-refractivity contribution in [2.24, 2.45) is 0 Å². The van der Waals surface area contributed by atoms with Crippen LogP contribution in [0.5, 0.6) is 0 Å². The van der Waals surface area contributed by atoms with Crippen molar-refractivity contribution in [3.8, 4) is 0 Å². The van der Waals surface area contributed by atoms with Crippen LogP contribution < -0.4 is 5.32 Å². The molecule has 0 bridgehead atoms. The molecular weight excluding hydrogens is 462 g/mol. The molecule has 0 spiro atoms. The summed E-state index contributed by atoms with van der Waals surface area (Å²) in [6.45, 7) is 5.81. The van der Waals surface area contributed by atoms with Crippen molar-refractivity contribution in [2.75, 3.05) is 11.9 Å². The summed E-state index contributed by atoms with van der Waals surface area (Å²) in [5.74, 6) is -0.110. The largest absolute Gasteiger partial charge is 0.462 e. The van der Waals surface area contributed by atoms with Crippen LogP contribution in [-0.4, -0.2) is 33.9 Å². The fourth-order valence-corrected chi connectivity index (χ4v) is 7.13. The lowest BCUT2D eigenvalue weighted by atomic mass is 9.83. The van der Waals surface area contributed by atoms with Gasteiger partial charge in [-0.05, 0) is 57.1 Å². The number of nitrogens with one attached hydrogen (secondary N) is 1. The molecule has 4 rings (SSSR count). The summed E-state index contributed by atoms with van der Waals surface area (Å²) < 4.78 is 6.10. The second-order valence-electron chi connectivity index (χ2n) is 7.62. The Hall–Kier alpha value is -2.23. The number of aryl methyl sites for hydroxylation is 1. The Kier molecular flexibility index (Phi) is 7.27. The first-order chi connectivity index (χ1) is 15.5. The molecule has 1 aliphatic rings. The van der Waals surface area contributed by atoms with Crippen molar-refractivity contribution >= 4 is 51.3 Å². The van der Waals surface area contributed by atoms with Gasteiger partial charge < -0.3 is 10.1 Å². The number of ether oxygens (including phenoxy) is 1. The van der Waals surface area contributed by atoms with Crippen LogP contribution in [0.3, 0.4) is 0 Å². The summed E-state index contributed by atoms with van der Waals surface area (Å²) in [5.41, 5.74) is 2.86. The molecule has 32 heavy (non-hydrogen) atoms. The van der Waals surface area contributed by atoms with Crippen LogP contribution in [0.15, 0.2) is 34.7 Å². The highest BCUT2D eigenvalue weighted by atomic mass is 32.2. The van der Waals surface area contributed by atoms with E-state index < -0.39 is 0 Å². The monoisotopic (exact) mass is 487 g/mol. The van der Waals surface area contributed by atoms with Crippen molar-refractivity contribution in [1.82, 2.24) is 10.2 Å². The van der Waals surface area contributed by atoms with Crippen molar-refractivity contribution in [3.05, 3.63) is 56.9 Å². The van der Waals surface area contributed by atoms with Gasteiger partial charge in [0.05, 0.1) is 17.4 Å². The third-order valence-corrected chi connectivity index (χ3v) is 8.60. The highest BCUT2D eigenvalue weighted by Gasteiger charge is 2.31. The molecule has 0 saturated carbocycles. The molecule has 0 radical (unpaired) electrons. The molecule has 1 aromatic carbocycles. The second-order valence-corrected chi connectivity index (χ2v) is 11.5. The Balaban J connectivity index is 1.56. The third-order valence-electron chi connectivity index (χ3n) is 5.41. The lowest BCUT2D eigenvalue weighted by Gasteiger charge is -2.23. The molecule has 2 unspecified atom stereocenters. The van der Waals surface area contributed by atoms with Gasteiger partial charge in [-0.15, -0.1) is 21.5 Å². The topological polar surface area (TPSA) is 81.2 Å². The standard InChI is InChI=1S/C23H25N3O3S3/c1-4-29-22(28)19-17-11-10-16(15-8-6-5-7-9-15)12-18(17)32-21(19)24-20(27)13(2)30-23-26-25-14(3)31-23/h5-9,13,16H,4,10-12H2,1-3H3,(H,24,27). The van der Waals surface area contributed by atoms with Gasteiger partial charge in [0.1, 0.15) is 10.0 Å². The number of rotatable bonds is 7. The van der Waals surface area contributed by atoms with Crippen LogP contribution in [-0.2, 0) is 22.4 Å². The minimum atomic E-state index is -0.367. The fourth-order valence-electron chi connectivity index (χ4n) is 3.85. The molecule has 2 aromatic heterocycles. The molecule has 3 aromatic rings. The number of benzene rings is 1. The SMILES string of the molecule is CCOC(=O)c1c(NC(=O)C(C)Sc2nnc(C)s2)sc2c1CCC(c1ccccc1)C2. The number of amides is 1. The molecule has 9 heteroatoms. The highest BCUT2D eigenvalue weighted by molar-refractivity contribution is 8.02. The summed E-state index contributed by atoms with van der Waals surface area (Å²) >= 11 is 4.34. The normalized spacial score (nSPS) is 16.3. The van der Waals surface area contributed by atoms with Gasteiger partial charge in [0.25, 0.3) is 0 Å². The summed E-state index contributed by atoms with van der Waals surface area (Å²) in [6.07, 6.45) is 2.63. The van der Waals surface area contributed by atoms with Crippen LogP contribution in [0.4, 0.5) is 5.00 Å². The highest BCUT2D eigenvalue weighted by Crippen LogP contribution is 2.43. The van der Waals surface area contributed by atoms with Gasteiger partial charge in [0, 0.05) is 4.88 Å². The average Bonchev–Trinajstić information content (AvgIpc) is 3.36. The van der Waals surface area contributed by atoms with Crippen LogP contribution in [0.2, 0.25) is 0 Å². The van der Waals surface area contributed by atoms with Crippen molar-refractivity contribution in [2.45, 2.75) is 55.5 Å². The Morgan fingerprint density at radius 1 is 1.25 bits per heavy atom. The molecule has 2 atom stereocenters. The summed E-state index contributed by atoms with van der Waals surface area (Å²) in [7, 11) is 0. The van der Waals surface area contributed by atoms with Crippen LogP contribution >= 0.6 is 34.4 Å². The van der Waals surface area contributed by atoms with E-state index in [1.807, 2.05) is 19.9 Å². The smallest absolute Gasteiger partial charge is 0.341 e. The number of anilines is 1. The average molecular weight is 488 g/mol. The number of carbonyl (C=O) groups is 2. The summed E-state index contributed by atoms with van der Waals surface area (Å²) in [6, 6.07) is 10.5. The number of aromatic nitrogens is 2. The number of carbonyl (C=O) groups excluding carboxylic acids is 2. The van der Waals surface area contributed by atoms with E-state index in [-0.39, 0.29) is 17.1 Å². The molecule has 1 amide bonds. The number of hydrogen-bond acceptors (Lipinski definition) is 8. The third kappa shape index (κ3) is 5.05. The zero-order chi connectivity index (χ0) is 22.7. The van der Waals surface area contributed by atoms with Gasteiger partial charge in [-0.25, -0.2) is 4.79 Å². The van der Waals surface area contributed by atoms with Crippen LogP contribution in [0.25, 0.3) is 0 Å².